The Balaban J connectivity index is 2.22. The number of benzene rings is 1. The van der Waals surface area contributed by atoms with Gasteiger partial charge in [-0.1, -0.05) is 31.6 Å². The van der Waals surface area contributed by atoms with Crippen molar-refractivity contribution in [1.29, 1.82) is 0 Å². The summed E-state index contributed by atoms with van der Waals surface area (Å²) in [5.41, 5.74) is 1.40. The second kappa shape index (κ2) is 9.68. The van der Waals surface area contributed by atoms with Crippen molar-refractivity contribution in [1.82, 2.24) is 4.90 Å². The fourth-order valence-electron chi connectivity index (χ4n) is 3.42. The van der Waals surface area contributed by atoms with Crippen molar-refractivity contribution in [3.63, 3.8) is 0 Å². The highest BCUT2D eigenvalue weighted by Gasteiger charge is 2.33. The summed E-state index contributed by atoms with van der Waals surface area (Å²) in [6.07, 6.45) is 5.10. The second-order valence-corrected chi connectivity index (χ2v) is 6.46. The summed E-state index contributed by atoms with van der Waals surface area (Å²) in [5.74, 6) is -0.468. The molecule has 0 unspecified atom stereocenters. The molecular weight excluding hydrogens is 321 g/mol. The van der Waals surface area contributed by atoms with E-state index in [2.05, 4.69) is 6.58 Å². The molecule has 1 fully saturated rings. The zero-order chi connectivity index (χ0) is 18.2. The zero-order valence-corrected chi connectivity index (χ0v) is 15.2. The molecule has 1 aromatic carbocycles. The molecule has 1 amide bonds. The number of hydrogen-bond acceptors (Lipinski definition) is 3. The van der Waals surface area contributed by atoms with Crippen LogP contribution in [0.3, 0.4) is 0 Å². The summed E-state index contributed by atoms with van der Waals surface area (Å²) in [5, 5.41) is 0. The van der Waals surface area contributed by atoms with Crippen molar-refractivity contribution < 1.29 is 18.7 Å². The molecule has 0 spiro atoms. The SMILES string of the molecule is C=CC(=O)N(Cc1c(C)cccc1F)[C@@H]1CCCC[C@H]1OCCOC. The molecule has 1 aliphatic rings. The molecule has 0 heterocycles. The highest BCUT2D eigenvalue weighted by Crippen LogP contribution is 2.28. The maximum absolute atomic E-state index is 14.3. The van der Waals surface area contributed by atoms with Gasteiger partial charge in [0.1, 0.15) is 5.82 Å². The van der Waals surface area contributed by atoms with Crippen molar-refractivity contribution in [3.05, 3.63) is 47.8 Å². The quantitative estimate of drug-likeness (QED) is 0.531. The van der Waals surface area contributed by atoms with E-state index in [1.165, 1.54) is 12.1 Å². The van der Waals surface area contributed by atoms with Crippen LogP contribution in [0.4, 0.5) is 4.39 Å². The lowest BCUT2D eigenvalue weighted by molar-refractivity contribution is -0.135. The molecule has 0 saturated heterocycles. The molecule has 138 valence electrons. The Labute approximate surface area is 149 Å². The third-order valence-corrected chi connectivity index (χ3v) is 4.83. The van der Waals surface area contributed by atoms with Gasteiger partial charge in [0.2, 0.25) is 5.91 Å². The number of amides is 1. The van der Waals surface area contributed by atoms with Crippen molar-refractivity contribution in [2.75, 3.05) is 20.3 Å². The first-order valence-electron chi connectivity index (χ1n) is 8.86. The molecule has 2 atom stereocenters. The van der Waals surface area contributed by atoms with Gasteiger partial charge < -0.3 is 14.4 Å². The highest BCUT2D eigenvalue weighted by atomic mass is 19.1. The summed E-state index contributed by atoms with van der Waals surface area (Å²) in [6, 6.07) is 4.91. The van der Waals surface area contributed by atoms with Crippen LogP contribution in [-0.2, 0) is 20.8 Å². The number of carbonyl (C=O) groups is 1. The maximum Gasteiger partial charge on any atom is 0.246 e. The summed E-state index contributed by atoms with van der Waals surface area (Å²) < 4.78 is 25.3. The largest absolute Gasteiger partial charge is 0.382 e. The van der Waals surface area contributed by atoms with Crippen molar-refractivity contribution in [2.24, 2.45) is 0 Å². The van der Waals surface area contributed by atoms with Gasteiger partial charge in [-0.3, -0.25) is 4.79 Å². The molecule has 0 radical (unpaired) electrons. The monoisotopic (exact) mass is 349 g/mol. The molecule has 0 aliphatic heterocycles. The summed E-state index contributed by atoms with van der Waals surface area (Å²) in [7, 11) is 1.64. The van der Waals surface area contributed by atoms with Crippen LogP contribution in [0, 0.1) is 12.7 Å². The van der Waals surface area contributed by atoms with Crippen molar-refractivity contribution in [2.45, 2.75) is 51.3 Å². The Bertz CT molecular complexity index is 570. The minimum atomic E-state index is -0.283. The lowest BCUT2D eigenvalue weighted by atomic mass is 9.90. The third kappa shape index (κ3) is 5.13. The van der Waals surface area contributed by atoms with Gasteiger partial charge in [0.05, 0.1) is 25.4 Å². The van der Waals surface area contributed by atoms with E-state index in [0.29, 0.717) is 18.8 Å². The molecular formula is C20H28FNO3. The van der Waals surface area contributed by atoms with E-state index in [1.807, 2.05) is 13.0 Å². The number of aryl methyl sites for hydroxylation is 1. The fraction of sp³-hybridized carbons (Fsp3) is 0.550. The van der Waals surface area contributed by atoms with Crippen LogP contribution in [0.2, 0.25) is 0 Å². The van der Waals surface area contributed by atoms with E-state index in [4.69, 9.17) is 9.47 Å². The van der Waals surface area contributed by atoms with E-state index in [-0.39, 0.29) is 30.4 Å². The maximum atomic E-state index is 14.3. The normalized spacial score (nSPS) is 20.3. The van der Waals surface area contributed by atoms with Crippen LogP contribution in [0.15, 0.2) is 30.9 Å². The van der Waals surface area contributed by atoms with Gasteiger partial charge >= 0.3 is 0 Å². The number of ether oxygens (including phenoxy) is 2. The van der Waals surface area contributed by atoms with E-state index in [9.17, 15) is 9.18 Å². The number of methoxy groups -OCH3 is 1. The molecule has 4 nitrogen and oxygen atoms in total. The Hall–Kier alpha value is -1.72. The molecule has 0 aromatic heterocycles. The number of carbonyl (C=O) groups excluding carboxylic acids is 1. The summed E-state index contributed by atoms with van der Waals surface area (Å²) >= 11 is 0. The first kappa shape index (κ1) is 19.6. The van der Waals surface area contributed by atoms with E-state index < -0.39 is 0 Å². The summed E-state index contributed by atoms with van der Waals surface area (Å²) in [6.45, 7) is 6.73. The van der Waals surface area contributed by atoms with Crippen LogP contribution in [0.1, 0.15) is 36.8 Å². The fourth-order valence-corrected chi connectivity index (χ4v) is 3.42. The molecule has 25 heavy (non-hydrogen) atoms. The van der Waals surface area contributed by atoms with Gasteiger partial charge in [0, 0.05) is 19.2 Å². The van der Waals surface area contributed by atoms with Gasteiger partial charge in [0.15, 0.2) is 0 Å². The highest BCUT2D eigenvalue weighted by molar-refractivity contribution is 5.87. The molecule has 2 rings (SSSR count). The molecule has 1 saturated carbocycles. The Morgan fingerprint density at radius 3 is 2.80 bits per heavy atom. The number of hydrogen-bond donors (Lipinski definition) is 0. The lowest BCUT2D eigenvalue weighted by Crippen LogP contribution is -2.49. The average molecular weight is 349 g/mol. The topological polar surface area (TPSA) is 38.8 Å². The Morgan fingerprint density at radius 2 is 2.12 bits per heavy atom. The Morgan fingerprint density at radius 1 is 1.36 bits per heavy atom. The number of halogens is 1. The smallest absolute Gasteiger partial charge is 0.246 e. The summed E-state index contributed by atoms with van der Waals surface area (Å²) in [4.78, 5) is 14.2. The predicted molar refractivity (Wildman–Crippen MR) is 95.8 cm³/mol. The van der Waals surface area contributed by atoms with E-state index in [1.54, 1.807) is 18.1 Å². The van der Waals surface area contributed by atoms with Crippen LogP contribution < -0.4 is 0 Å². The number of rotatable bonds is 8. The number of nitrogens with zero attached hydrogens (tertiary/aromatic N) is 1. The minimum Gasteiger partial charge on any atom is -0.382 e. The van der Waals surface area contributed by atoms with Crippen molar-refractivity contribution >= 4 is 5.91 Å². The lowest BCUT2D eigenvalue weighted by Gasteiger charge is -2.39. The predicted octanol–water partition coefficient (Wildman–Crippen LogP) is 3.62. The molecule has 0 bridgehead atoms. The van der Waals surface area contributed by atoms with Crippen LogP contribution in [-0.4, -0.2) is 43.3 Å². The van der Waals surface area contributed by atoms with Gasteiger partial charge in [-0.2, -0.15) is 0 Å². The van der Waals surface area contributed by atoms with Gasteiger partial charge in [-0.15, -0.1) is 0 Å². The average Bonchev–Trinajstić information content (AvgIpc) is 2.62. The van der Waals surface area contributed by atoms with Crippen molar-refractivity contribution in [3.8, 4) is 0 Å². The van der Waals surface area contributed by atoms with E-state index >= 15 is 0 Å². The van der Waals surface area contributed by atoms with Gasteiger partial charge in [-0.25, -0.2) is 4.39 Å². The first-order chi connectivity index (χ1) is 12.1. The molecule has 1 aliphatic carbocycles. The standard InChI is InChI=1S/C20H28FNO3/c1-4-20(23)22(14-16-15(2)8-7-9-17(16)21)18-10-5-6-11-19(18)25-13-12-24-3/h4,7-9,18-19H,1,5-6,10-14H2,2-3H3/t18-,19-/m1/s1. The van der Waals surface area contributed by atoms with Crippen LogP contribution in [0.25, 0.3) is 0 Å². The third-order valence-electron chi connectivity index (χ3n) is 4.83. The second-order valence-electron chi connectivity index (χ2n) is 6.46. The zero-order valence-electron chi connectivity index (χ0n) is 15.2. The minimum absolute atomic E-state index is 0.0557. The molecule has 1 aromatic rings. The molecule has 0 N–H and O–H groups in total. The van der Waals surface area contributed by atoms with E-state index in [0.717, 1.165) is 31.2 Å². The molecule has 5 heteroatoms. The Kier molecular flexibility index (Phi) is 7.59. The van der Waals surface area contributed by atoms with Gasteiger partial charge in [-0.05, 0) is 37.5 Å². The van der Waals surface area contributed by atoms with Crippen LogP contribution >= 0.6 is 0 Å². The first-order valence-corrected chi connectivity index (χ1v) is 8.86. The van der Waals surface area contributed by atoms with Crippen LogP contribution in [0.5, 0.6) is 0 Å². The van der Waals surface area contributed by atoms with Gasteiger partial charge in [0.25, 0.3) is 0 Å².